The van der Waals surface area contributed by atoms with E-state index >= 15 is 0 Å². The van der Waals surface area contributed by atoms with E-state index in [2.05, 4.69) is 220 Å². The largest absolute Gasteiger partial charge is 0.456 e. The highest BCUT2D eigenvalue weighted by atomic mass is 16.3. The van der Waals surface area contributed by atoms with Crippen LogP contribution >= 0.6 is 0 Å². The summed E-state index contributed by atoms with van der Waals surface area (Å²) in [5, 5.41) is 2.17. The van der Waals surface area contributed by atoms with Gasteiger partial charge in [-0.15, -0.1) is 0 Å². The number of anilines is 6. The fourth-order valence-electron chi connectivity index (χ4n) is 14.2. The predicted molar refractivity (Wildman–Crippen MR) is 313 cm³/mol. The van der Waals surface area contributed by atoms with Gasteiger partial charge in [-0.1, -0.05) is 167 Å². The summed E-state index contributed by atoms with van der Waals surface area (Å²) in [7, 11) is 0. The highest BCUT2D eigenvalue weighted by Crippen LogP contribution is 2.55. The molecule has 3 heterocycles. The van der Waals surface area contributed by atoms with E-state index in [0.29, 0.717) is 5.56 Å². The molecule has 0 N–H and O–H groups in total. The Bertz CT molecular complexity index is 3920. The number of para-hydroxylation sites is 1. The molecule has 0 unspecified atom stereocenters. The quantitative estimate of drug-likeness (QED) is 0.164. The zero-order valence-corrected chi connectivity index (χ0v) is 44.9. The molecule has 0 saturated heterocycles. The standard InChI is InChI=1S/C69H69BN2O/c1-41-32-59-64-60(33-41)72(56-38-52-49(34-42(56)2)68(10,11)40-69(52,12)13)57-35-44(46-23-19-25-62-63(46)47-22-17-18-24-61(47)73-62)26-28-53(57)70(64)54-37-50-51(67(8,9)31-30-66(50,6)7)39-58(54)71(59)55-29-27-45(65(3,4)5)36-48(55)43-20-15-14-16-21-43/h14-29,32-39H,30-31,40H2,1-13H3/i1D3. The number of furan rings is 1. The molecule has 0 fully saturated rings. The van der Waals surface area contributed by atoms with Crippen molar-refractivity contribution in [3.63, 3.8) is 0 Å². The van der Waals surface area contributed by atoms with E-state index in [1.165, 1.54) is 38.7 Å². The molecule has 9 aromatic rings. The molecule has 364 valence electrons. The number of hydrogen-bond acceptors (Lipinski definition) is 3. The molecule has 13 rings (SSSR count). The normalized spacial score (nSPS) is 18.4. The van der Waals surface area contributed by atoms with Gasteiger partial charge in [-0.05, 0) is 187 Å². The van der Waals surface area contributed by atoms with Crippen LogP contribution in [0.15, 0.2) is 150 Å². The lowest BCUT2D eigenvalue weighted by molar-refractivity contribution is 0.332. The molecule has 2 aliphatic carbocycles. The lowest BCUT2D eigenvalue weighted by Gasteiger charge is -2.48. The fourth-order valence-corrected chi connectivity index (χ4v) is 14.2. The zero-order chi connectivity index (χ0) is 53.4. The number of nitrogens with zero attached hydrogens (tertiary/aromatic N) is 2. The van der Waals surface area contributed by atoms with Crippen LogP contribution < -0.4 is 26.2 Å². The summed E-state index contributed by atoms with van der Waals surface area (Å²) >= 11 is 0. The van der Waals surface area contributed by atoms with Crippen LogP contribution in [0, 0.1) is 13.8 Å². The molecule has 2 aliphatic heterocycles. The second-order valence-corrected chi connectivity index (χ2v) is 25.8. The van der Waals surface area contributed by atoms with Crippen LogP contribution in [0.2, 0.25) is 0 Å². The van der Waals surface area contributed by atoms with E-state index in [1.54, 1.807) is 0 Å². The summed E-state index contributed by atoms with van der Waals surface area (Å²) in [5.74, 6) is 0. The van der Waals surface area contributed by atoms with E-state index < -0.39 is 6.85 Å². The SMILES string of the molecule is [2H]C([2H])([2H])c1cc2c3c(c1)N(c1ccc(C(C)(C)C)cc1-c1ccccc1)c1cc4c(cc1B3c1ccc(-c3cccc5oc6ccccc6c35)cc1N2c1cc2c(cc1C)C(C)(C)CC2(C)C)C(C)(C)CCC4(C)C. The van der Waals surface area contributed by atoms with Gasteiger partial charge in [-0.3, -0.25) is 0 Å². The Balaban J connectivity index is 1.18. The van der Waals surface area contributed by atoms with Crippen molar-refractivity contribution in [1.82, 2.24) is 0 Å². The summed E-state index contributed by atoms with van der Waals surface area (Å²) in [5.41, 5.74) is 23.6. The lowest BCUT2D eigenvalue weighted by atomic mass is 9.33. The minimum absolute atomic E-state index is 0.00270. The summed E-state index contributed by atoms with van der Waals surface area (Å²) in [6, 6.07) is 53.7. The number of aryl methyl sites for hydroxylation is 2. The first-order chi connectivity index (χ1) is 35.8. The highest BCUT2D eigenvalue weighted by molar-refractivity contribution is 7.00. The number of fused-ring (bicyclic) bond motifs is 9. The maximum Gasteiger partial charge on any atom is 0.252 e. The molecular weight excluding hydrogens is 884 g/mol. The van der Waals surface area contributed by atoms with Gasteiger partial charge >= 0.3 is 0 Å². The molecule has 4 aliphatic rings. The second-order valence-electron chi connectivity index (χ2n) is 25.8. The Morgan fingerprint density at radius 1 is 0.507 bits per heavy atom. The van der Waals surface area contributed by atoms with E-state index in [-0.39, 0.29) is 33.8 Å². The maximum absolute atomic E-state index is 9.35. The topological polar surface area (TPSA) is 19.6 Å². The van der Waals surface area contributed by atoms with Gasteiger partial charge < -0.3 is 14.2 Å². The van der Waals surface area contributed by atoms with E-state index in [1.807, 2.05) is 18.2 Å². The van der Waals surface area contributed by atoms with Crippen LogP contribution in [0.25, 0.3) is 44.2 Å². The highest BCUT2D eigenvalue weighted by Gasteiger charge is 2.48. The van der Waals surface area contributed by atoms with Gasteiger partial charge in [0.15, 0.2) is 0 Å². The average Bonchev–Trinajstić information content (AvgIpc) is 3.85. The first-order valence-electron chi connectivity index (χ1n) is 28.2. The molecule has 3 nitrogen and oxygen atoms in total. The third kappa shape index (κ3) is 6.84. The van der Waals surface area contributed by atoms with E-state index in [4.69, 9.17) is 4.42 Å². The number of rotatable bonds is 4. The van der Waals surface area contributed by atoms with Gasteiger partial charge in [-0.2, -0.15) is 0 Å². The van der Waals surface area contributed by atoms with Crippen molar-refractivity contribution in [2.75, 3.05) is 9.80 Å². The molecule has 4 heteroatoms. The van der Waals surface area contributed by atoms with Crippen LogP contribution in [-0.4, -0.2) is 6.71 Å². The minimum Gasteiger partial charge on any atom is -0.456 e. The van der Waals surface area contributed by atoms with Crippen molar-refractivity contribution >= 4 is 79.2 Å². The van der Waals surface area contributed by atoms with Crippen molar-refractivity contribution in [3.8, 4) is 22.3 Å². The first-order valence-corrected chi connectivity index (χ1v) is 26.7. The summed E-state index contributed by atoms with van der Waals surface area (Å²) in [6.07, 6.45) is 3.19. The van der Waals surface area contributed by atoms with Gasteiger partial charge in [0.2, 0.25) is 0 Å². The molecule has 0 saturated carbocycles. The van der Waals surface area contributed by atoms with E-state index in [0.717, 1.165) is 109 Å². The third-order valence-corrected chi connectivity index (χ3v) is 17.9. The van der Waals surface area contributed by atoms with Gasteiger partial charge in [0.1, 0.15) is 11.2 Å². The number of hydrogen-bond donors (Lipinski definition) is 0. The predicted octanol–water partition coefficient (Wildman–Crippen LogP) is 17.2. The lowest BCUT2D eigenvalue weighted by Crippen LogP contribution is -2.62. The number of benzene rings is 8. The van der Waals surface area contributed by atoms with Gasteiger partial charge in [0, 0.05) is 48.9 Å². The van der Waals surface area contributed by atoms with Gasteiger partial charge in [0.25, 0.3) is 6.71 Å². The van der Waals surface area contributed by atoms with Gasteiger partial charge in [0.05, 0.1) is 5.69 Å². The van der Waals surface area contributed by atoms with Crippen molar-refractivity contribution in [3.05, 3.63) is 185 Å². The Morgan fingerprint density at radius 3 is 1.84 bits per heavy atom. The van der Waals surface area contributed by atoms with Crippen molar-refractivity contribution in [2.45, 2.75) is 136 Å². The summed E-state index contributed by atoms with van der Waals surface area (Å²) < 4.78 is 34.6. The van der Waals surface area contributed by atoms with Gasteiger partial charge in [-0.25, -0.2) is 0 Å². The smallest absolute Gasteiger partial charge is 0.252 e. The Hall–Kier alpha value is -6.78. The minimum atomic E-state index is -2.42. The van der Waals surface area contributed by atoms with E-state index in [9.17, 15) is 4.11 Å². The second kappa shape index (κ2) is 15.4. The molecule has 0 atom stereocenters. The molecular formula is C69H69BN2O. The van der Waals surface area contributed by atoms with Crippen molar-refractivity contribution < 1.29 is 8.53 Å². The summed E-state index contributed by atoms with van der Waals surface area (Å²) in [4.78, 5) is 4.93. The van der Waals surface area contributed by atoms with Crippen LogP contribution in [0.5, 0.6) is 0 Å². The van der Waals surface area contributed by atoms with Crippen LogP contribution in [-0.2, 0) is 27.1 Å². The Kier molecular flexibility index (Phi) is 9.00. The summed E-state index contributed by atoms with van der Waals surface area (Å²) in [6.45, 7) is 25.7. The fraction of sp³-hybridized carbons (Fsp3) is 0.304. The van der Waals surface area contributed by atoms with Crippen molar-refractivity contribution in [1.29, 1.82) is 0 Å². The molecule has 0 amide bonds. The molecule has 0 bridgehead atoms. The van der Waals surface area contributed by atoms with Crippen LogP contribution in [0.4, 0.5) is 34.1 Å². The maximum atomic E-state index is 9.35. The monoisotopic (exact) mass is 956 g/mol. The van der Waals surface area contributed by atoms with Crippen LogP contribution in [0.3, 0.4) is 0 Å². The Morgan fingerprint density at radius 2 is 1.12 bits per heavy atom. The molecule has 0 spiro atoms. The van der Waals surface area contributed by atoms with Crippen molar-refractivity contribution in [2.24, 2.45) is 0 Å². The molecule has 73 heavy (non-hydrogen) atoms. The molecule has 8 aromatic carbocycles. The zero-order valence-electron chi connectivity index (χ0n) is 47.9. The first kappa shape index (κ1) is 42.7. The third-order valence-electron chi connectivity index (χ3n) is 17.9. The molecule has 0 radical (unpaired) electrons. The molecule has 1 aromatic heterocycles. The average molecular weight is 956 g/mol. The van der Waals surface area contributed by atoms with Crippen LogP contribution in [0.1, 0.15) is 138 Å². The Labute approximate surface area is 438 Å².